The van der Waals surface area contributed by atoms with Crippen LogP contribution >= 0.6 is 0 Å². The first-order valence-electron chi connectivity index (χ1n) is 7.39. The normalized spacial score (nSPS) is 23.7. The zero-order valence-electron chi connectivity index (χ0n) is 11.4. The summed E-state index contributed by atoms with van der Waals surface area (Å²) in [6.07, 6.45) is 3.76. The van der Waals surface area contributed by atoms with Gasteiger partial charge < -0.3 is 9.84 Å². The van der Waals surface area contributed by atoms with E-state index in [0.29, 0.717) is 12.5 Å². The molecule has 1 aliphatic heterocycles. The van der Waals surface area contributed by atoms with E-state index in [0.717, 1.165) is 44.3 Å². The van der Waals surface area contributed by atoms with Gasteiger partial charge in [0.2, 0.25) is 0 Å². The highest BCUT2D eigenvalue weighted by Gasteiger charge is 2.24. The molecule has 0 aromatic heterocycles. The summed E-state index contributed by atoms with van der Waals surface area (Å²) in [7, 11) is 0. The molecule has 3 nitrogen and oxygen atoms in total. The van der Waals surface area contributed by atoms with Crippen LogP contribution in [0.5, 0.6) is 5.75 Å². The van der Waals surface area contributed by atoms with E-state index in [1.54, 1.807) is 0 Å². The molecule has 0 bridgehead atoms. The maximum Gasteiger partial charge on any atom is 0.123 e. The van der Waals surface area contributed by atoms with E-state index < -0.39 is 0 Å². The molecule has 1 saturated heterocycles. The van der Waals surface area contributed by atoms with E-state index in [-0.39, 0.29) is 0 Å². The van der Waals surface area contributed by atoms with Gasteiger partial charge in [0.1, 0.15) is 5.75 Å². The Morgan fingerprint density at radius 2 is 2.00 bits per heavy atom. The Labute approximate surface area is 115 Å². The molecule has 1 aliphatic carbocycles. The number of likely N-dealkylation sites (tertiary alicyclic amines) is 1. The molecule has 104 valence electrons. The number of para-hydroxylation sites is 1. The van der Waals surface area contributed by atoms with Gasteiger partial charge in [0, 0.05) is 25.3 Å². The second-order valence-corrected chi connectivity index (χ2v) is 5.93. The molecule has 0 radical (unpaired) electrons. The summed E-state index contributed by atoms with van der Waals surface area (Å²) >= 11 is 0. The van der Waals surface area contributed by atoms with E-state index in [2.05, 4.69) is 23.1 Å². The average Bonchev–Trinajstić information content (AvgIpc) is 3.16. The molecule has 1 unspecified atom stereocenters. The predicted molar refractivity (Wildman–Crippen MR) is 75.1 cm³/mol. The van der Waals surface area contributed by atoms with Crippen LogP contribution in [-0.4, -0.2) is 36.3 Å². The highest BCUT2D eigenvalue weighted by molar-refractivity contribution is 5.33. The zero-order valence-corrected chi connectivity index (χ0v) is 11.4. The minimum absolute atomic E-state index is 0.316. The minimum Gasteiger partial charge on any atom is -0.493 e. The van der Waals surface area contributed by atoms with Crippen molar-refractivity contribution < 1.29 is 9.84 Å². The largest absolute Gasteiger partial charge is 0.493 e. The number of ether oxygens (including phenoxy) is 1. The number of hydrogen-bond donors (Lipinski definition) is 1. The third-order valence-corrected chi connectivity index (χ3v) is 4.17. The number of hydrogen-bond acceptors (Lipinski definition) is 3. The summed E-state index contributed by atoms with van der Waals surface area (Å²) in [4.78, 5) is 2.42. The van der Waals surface area contributed by atoms with Crippen molar-refractivity contribution >= 4 is 0 Å². The van der Waals surface area contributed by atoms with Crippen LogP contribution in [-0.2, 0) is 6.54 Å². The molecule has 2 fully saturated rings. The Morgan fingerprint density at radius 1 is 1.16 bits per heavy atom. The van der Waals surface area contributed by atoms with Crippen LogP contribution in [0.25, 0.3) is 0 Å². The average molecular weight is 261 g/mol. The fourth-order valence-corrected chi connectivity index (χ4v) is 2.71. The summed E-state index contributed by atoms with van der Waals surface area (Å²) in [5, 5.41) is 9.21. The van der Waals surface area contributed by atoms with Gasteiger partial charge in [0.25, 0.3) is 0 Å². The second-order valence-electron chi connectivity index (χ2n) is 5.93. The Morgan fingerprint density at radius 3 is 2.74 bits per heavy atom. The quantitative estimate of drug-likeness (QED) is 0.853. The third-order valence-electron chi connectivity index (χ3n) is 4.17. The van der Waals surface area contributed by atoms with Crippen molar-refractivity contribution in [3.05, 3.63) is 29.8 Å². The highest BCUT2D eigenvalue weighted by Crippen LogP contribution is 2.31. The van der Waals surface area contributed by atoms with Crippen molar-refractivity contribution in [3.8, 4) is 5.75 Å². The molecule has 1 N–H and O–H groups in total. The summed E-state index contributed by atoms with van der Waals surface area (Å²) in [5.41, 5.74) is 1.28. The van der Waals surface area contributed by atoms with Gasteiger partial charge in [-0.15, -0.1) is 0 Å². The minimum atomic E-state index is 0.316. The first-order valence-corrected chi connectivity index (χ1v) is 7.39. The fourth-order valence-electron chi connectivity index (χ4n) is 2.71. The van der Waals surface area contributed by atoms with Crippen LogP contribution < -0.4 is 4.74 Å². The standard InChI is InChI=1S/C16H23NO2/c18-11-14-7-8-17(9-14)10-15-3-1-2-4-16(15)19-12-13-5-6-13/h1-4,13-14,18H,5-12H2. The van der Waals surface area contributed by atoms with Gasteiger partial charge in [0.15, 0.2) is 0 Å². The zero-order chi connectivity index (χ0) is 13.1. The van der Waals surface area contributed by atoms with Crippen LogP contribution in [0.2, 0.25) is 0 Å². The van der Waals surface area contributed by atoms with Gasteiger partial charge in [-0.05, 0) is 43.7 Å². The van der Waals surface area contributed by atoms with Crippen LogP contribution in [0.3, 0.4) is 0 Å². The van der Waals surface area contributed by atoms with E-state index in [9.17, 15) is 5.11 Å². The molecule has 19 heavy (non-hydrogen) atoms. The lowest BCUT2D eigenvalue weighted by atomic mass is 10.1. The summed E-state index contributed by atoms with van der Waals surface area (Å²) in [6.45, 7) is 4.22. The molecular formula is C16H23NO2. The van der Waals surface area contributed by atoms with Crippen molar-refractivity contribution in [2.24, 2.45) is 11.8 Å². The van der Waals surface area contributed by atoms with Gasteiger partial charge in [-0.25, -0.2) is 0 Å². The number of aliphatic hydroxyl groups excluding tert-OH is 1. The van der Waals surface area contributed by atoms with E-state index in [1.165, 1.54) is 18.4 Å². The van der Waals surface area contributed by atoms with E-state index in [4.69, 9.17) is 4.74 Å². The summed E-state index contributed by atoms with van der Waals surface area (Å²) in [5.74, 6) is 2.29. The third kappa shape index (κ3) is 3.48. The summed E-state index contributed by atoms with van der Waals surface area (Å²) in [6, 6.07) is 8.37. The SMILES string of the molecule is OCC1CCN(Cc2ccccc2OCC2CC2)C1. The van der Waals surface area contributed by atoms with Crippen LogP contribution in [0.1, 0.15) is 24.8 Å². The number of nitrogens with zero attached hydrogens (tertiary/aromatic N) is 1. The van der Waals surface area contributed by atoms with Crippen LogP contribution in [0, 0.1) is 11.8 Å². The topological polar surface area (TPSA) is 32.7 Å². The van der Waals surface area contributed by atoms with Gasteiger partial charge in [0.05, 0.1) is 6.61 Å². The maximum absolute atomic E-state index is 9.21. The molecule has 1 aromatic rings. The van der Waals surface area contributed by atoms with Crippen molar-refractivity contribution in [2.45, 2.75) is 25.8 Å². The molecule has 0 amide bonds. The number of benzene rings is 1. The van der Waals surface area contributed by atoms with Crippen molar-refractivity contribution in [3.63, 3.8) is 0 Å². The smallest absolute Gasteiger partial charge is 0.123 e. The first kappa shape index (κ1) is 12.9. The first-order chi connectivity index (χ1) is 9.35. The van der Waals surface area contributed by atoms with Gasteiger partial charge in [-0.2, -0.15) is 0 Å². The van der Waals surface area contributed by atoms with Crippen molar-refractivity contribution in [2.75, 3.05) is 26.3 Å². The Kier molecular flexibility index (Phi) is 4.04. The van der Waals surface area contributed by atoms with E-state index >= 15 is 0 Å². The van der Waals surface area contributed by atoms with E-state index in [1.807, 2.05) is 6.07 Å². The number of aliphatic hydroxyl groups is 1. The Bertz CT molecular complexity index is 417. The lowest BCUT2D eigenvalue weighted by Gasteiger charge is -2.18. The van der Waals surface area contributed by atoms with Crippen LogP contribution in [0.4, 0.5) is 0 Å². The second kappa shape index (κ2) is 5.93. The lowest BCUT2D eigenvalue weighted by Crippen LogP contribution is -2.21. The molecule has 1 aromatic carbocycles. The molecule has 3 rings (SSSR count). The fraction of sp³-hybridized carbons (Fsp3) is 0.625. The molecule has 2 aliphatic rings. The van der Waals surface area contributed by atoms with Crippen LogP contribution in [0.15, 0.2) is 24.3 Å². The summed E-state index contributed by atoms with van der Waals surface area (Å²) < 4.78 is 5.95. The van der Waals surface area contributed by atoms with Crippen molar-refractivity contribution in [1.29, 1.82) is 0 Å². The monoisotopic (exact) mass is 261 g/mol. The molecule has 1 saturated carbocycles. The molecule has 0 spiro atoms. The van der Waals surface area contributed by atoms with Gasteiger partial charge >= 0.3 is 0 Å². The Hall–Kier alpha value is -1.06. The molecule has 1 atom stereocenters. The van der Waals surface area contributed by atoms with Crippen molar-refractivity contribution in [1.82, 2.24) is 4.90 Å². The van der Waals surface area contributed by atoms with Gasteiger partial charge in [-0.3, -0.25) is 4.90 Å². The Balaban J connectivity index is 1.59. The predicted octanol–water partition coefficient (Wildman–Crippen LogP) is 2.29. The molecule has 3 heteroatoms. The highest BCUT2D eigenvalue weighted by atomic mass is 16.5. The lowest BCUT2D eigenvalue weighted by molar-refractivity contribution is 0.219. The number of rotatable bonds is 6. The molecular weight excluding hydrogens is 238 g/mol. The maximum atomic E-state index is 9.21. The van der Waals surface area contributed by atoms with Gasteiger partial charge in [-0.1, -0.05) is 18.2 Å². The molecule has 1 heterocycles.